The number of hydrogen-bond donors (Lipinski definition) is 3. The summed E-state index contributed by atoms with van der Waals surface area (Å²) in [5, 5.41) is 33.8. The van der Waals surface area contributed by atoms with Crippen molar-refractivity contribution in [2.45, 2.75) is 31.6 Å². The SMILES string of the molecule is CN=C(NC#N)NC1c2cc(C#N)ccc2OC(C)(C)[C@H]1O. The van der Waals surface area contributed by atoms with Crippen LogP contribution in [0.3, 0.4) is 0 Å². The number of guanidine groups is 1. The molecule has 1 aromatic rings. The molecule has 0 radical (unpaired) electrons. The second-order valence-corrected chi connectivity index (χ2v) is 5.45. The van der Waals surface area contributed by atoms with E-state index in [1.807, 2.05) is 0 Å². The summed E-state index contributed by atoms with van der Waals surface area (Å²) in [6.45, 7) is 3.54. The molecule has 1 aliphatic rings. The lowest BCUT2D eigenvalue weighted by Gasteiger charge is -2.42. The highest BCUT2D eigenvalue weighted by Gasteiger charge is 2.43. The van der Waals surface area contributed by atoms with E-state index in [4.69, 9.17) is 15.3 Å². The van der Waals surface area contributed by atoms with Crippen LogP contribution in [-0.2, 0) is 0 Å². The molecule has 0 amide bonds. The van der Waals surface area contributed by atoms with Crippen molar-refractivity contribution in [3.05, 3.63) is 29.3 Å². The Hall–Kier alpha value is -2.77. The first kappa shape index (κ1) is 15.6. The Bertz CT molecular complexity index is 684. The molecule has 0 aliphatic carbocycles. The Balaban J connectivity index is 2.47. The third-order valence-electron chi connectivity index (χ3n) is 3.57. The third-order valence-corrected chi connectivity index (χ3v) is 3.57. The normalized spacial score (nSPS) is 22.5. The molecule has 114 valence electrons. The number of rotatable bonds is 1. The molecule has 0 saturated carbocycles. The molecule has 1 aromatic carbocycles. The molecule has 1 aliphatic heterocycles. The second kappa shape index (κ2) is 5.92. The maximum atomic E-state index is 10.6. The van der Waals surface area contributed by atoms with Gasteiger partial charge in [0.1, 0.15) is 17.5 Å². The zero-order valence-corrected chi connectivity index (χ0v) is 12.6. The number of nitrogens with one attached hydrogen (secondary N) is 2. The van der Waals surface area contributed by atoms with Gasteiger partial charge in [-0.05, 0) is 32.0 Å². The van der Waals surface area contributed by atoms with Crippen molar-refractivity contribution in [1.82, 2.24) is 10.6 Å². The van der Waals surface area contributed by atoms with E-state index in [-0.39, 0.29) is 5.96 Å². The van der Waals surface area contributed by atoms with Crippen molar-refractivity contribution in [3.63, 3.8) is 0 Å². The van der Waals surface area contributed by atoms with Crippen molar-refractivity contribution in [2.24, 2.45) is 4.99 Å². The third kappa shape index (κ3) is 2.80. The average Bonchev–Trinajstić information content (AvgIpc) is 2.50. The highest BCUT2D eigenvalue weighted by molar-refractivity contribution is 5.81. The van der Waals surface area contributed by atoms with Crippen molar-refractivity contribution in [1.29, 1.82) is 10.5 Å². The van der Waals surface area contributed by atoms with Gasteiger partial charge in [-0.25, -0.2) is 0 Å². The summed E-state index contributed by atoms with van der Waals surface area (Å²) < 4.78 is 5.81. The minimum Gasteiger partial charge on any atom is -0.485 e. The standard InChI is InChI=1S/C15H17N5O2/c1-15(2)13(21)12(20-14(18-3)19-8-17)10-6-9(7-16)4-5-11(10)22-15/h4-6,12-13,21H,1-3H3,(H2,18,19,20)/t12?,13-/m0/s1. The zero-order valence-electron chi connectivity index (χ0n) is 12.6. The fraction of sp³-hybridized carbons (Fsp3) is 0.400. The first-order chi connectivity index (χ1) is 10.4. The summed E-state index contributed by atoms with van der Waals surface area (Å²) in [5.41, 5.74) is 0.278. The van der Waals surface area contributed by atoms with Crippen LogP contribution in [-0.4, -0.2) is 29.8 Å². The average molecular weight is 299 g/mol. The number of aliphatic imine (C=N–C) groups is 1. The Labute approximate surface area is 128 Å². The first-order valence-corrected chi connectivity index (χ1v) is 6.72. The van der Waals surface area contributed by atoms with Crippen molar-refractivity contribution >= 4 is 5.96 Å². The lowest BCUT2D eigenvalue weighted by molar-refractivity contribution is -0.0611. The minimum atomic E-state index is -0.897. The molecule has 0 aromatic heterocycles. The number of nitrogens with zero attached hydrogens (tertiary/aromatic N) is 3. The maximum Gasteiger partial charge on any atom is 0.205 e. The quantitative estimate of drug-likeness (QED) is 0.305. The summed E-state index contributed by atoms with van der Waals surface area (Å²) in [6, 6.07) is 6.52. The molecule has 0 fully saturated rings. The second-order valence-electron chi connectivity index (χ2n) is 5.45. The van der Waals surface area contributed by atoms with E-state index in [1.165, 1.54) is 7.05 Å². The van der Waals surface area contributed by atoms with Crippen LogP contribution in [0.2, 0.25) is 0 Å². The fourth-order valence-electron chi connectivity index (χ4n) is 2.38. The molecule has 3 N–H and O–H groups in total. The van der Waals surface area contributed by atoms with E-state index in [1.54, 1.807) is 38.2 Å². The van der Waals surface area contributed by atoms with Crippen LogP contribution < -0.4 is 15.4 Å². The Morgan fingerprint density at radius 3 is 2.73 bits per heavy atom. The number of nitriles is 2. The summed E-state index contributed by atoms with van der Waals surface area (Å²) in [6.07, 6.45) is 0.885. The van der Waals surface area contributed by atoms with E-state index >= 15 is 0 Å². The van der Waals surface area contributed by atoms with Crippen LogP contribution in [0.4, 0.5) is 0 Å². The maximum absolute atomic E-state index is 10.6. The molecule has 22 heavy (non-hydrogen) atoms. The topological polar surface area (TPSA) is 113 Å². The summed E-state index contributed by atoms with van der Waals surface area (Å²) in [4.78, 5) is 3.92. The lowest BCUT2D eigenvalue weighted by atomic mass is 9.86. The van der Waals surface area contributed by atoms with Crippen molar-refractivity contribution < 1.29 is 9.84 Å². The summed E-state index contributed by atoms with van der Waals surface area (Å²) in [7, 11) is 1.52. The number of hydrogen-bond acceptors (Lipinski definition) is 5. The van der Waals surface area contributed by atoms with Gasteiger partial charge in [-0.3, -0.25) is 10.3 Å². The van der Waals surface area contributed by atoms with Crippen LogP contribution in [0.5, 0.6) is 5.75 Å². The predicted octanol–water partition coefficient (Wildman–Crippen LogP) is 0.777. The smallest absolute Gasteiger partial charge is 0.205 e. The molecule has 7 heteroatoms. The predicted molar refractivity (Wildman–Crippen MR) is 79.9 cm³/mol. The van der Waals surface area contributed by atoms with Gasteiger partial charge in [-0.1, -0.05) is 0 Å². The van der Waals surface area contributed by atoms with Crippen molar-refractivity contribution in [2.75, 3.05) is 7.05 Å². The van der Waals surface area contributed by atoms with E-state index in [0.29, 0.717) is 16.9 Å². The molecule has 2 rings (SSSR count). The van der Waals surface area contributed by atoms with Crippen LogP contribution >= 0.6 is 0 Å². The van der Waals surface area contributed by atoms with Gasteiger partial charge < -0.3 is 15.2 Å². The summed E-state index contributed by atoms with van der Waals surface area (Å²) in [5.74, 6) is 0.816. The lowest BCUT2D eigenvalue weighted by Crippen LogP contribution is -2.54. The van der Waals surface area contributed by atoms with E-state index in [0.717, 1.165) is 0 Å². The molecule has 1 unspecified atom stereocenters. The van der Waals surface area contributed by atoms with Gasteiger partial charge in [0.15, 0.2) is 6.19 Å². The van der Waals surface area contributed by atoms with Gasteiger partial charge in [0, 0.05) is 12.6 Å². The number of aliphatic hydroxyl groups is 1. The Morgan fingerprint density at radius 2 is 2.14 bits per heavy atom. The molecule has 0 spiro atoms. The number of fused-ring (bicyclic) bond motifs is 1. The van der Waals surface area contributed by atoms with Gasteiger partial charge in [-0.15, -0.1) is 0 Å². The molecule has 2 atom stereocenters. The molecular weight excluding hydrogens is 282 g/mol. The molecule has 0 bridgehead atoms. The molecular formula is C15H17N5O2. The van der Waals surface area contributed by atoms with E-state index < -0.39 is 17.7 Å². The minimum absolute atomic E-state index is 0.234. The number of benzene rings is 1. The Morgan fingerprint density at radius 1 is 1.41 bits per heavy atom. The largest absolute Gasteiger partial charge is 0.485 e. The zero-order chi connectivity index (χ0) is 16.3. The van der Waals surface area contributed by atoms with Gasteiger partial charge in [0.2, 0.25) is 5.96 Å². The van der Waals surface area contributed by atoms with Crippen LogP contribution in [0.25, 0.3) is 0 Å². The molecule has 0 saturated heterocycles. The number of ether oxygens (including phenoxy) is 1. The van der Waals surface area contributed by atoms with Gasteiger partial charge in [0.25, 0.3) is 0 Å². The monoisotopic (exact) mass is 299 g/mol. The first-order valence-electron chi connectivity index (χ1n) is 6.72. The molecule has 7 nitrogen and oxygen atoms in total. The van der Waals surface area contributed by atoms with Gasteiger partial charge in [0.05, 0.1) is 17.7 Å². The van der Waals surface area contributed by atoms with Crippen molar-refractivity contribution in [3.8, 4) is 18.0 Å². The Kier molecular flexibility index (Phi) is 4.20. The summed E-state index contributed by atoms with van der Waals surface area (Å²) >= 11 is 0. The van der Waals surface area contributed by atoms with Gasteiger partial charge >= 0.3 is 0 Å². The van der Waals surface area contributed by atoms with E-state index in [2.05, 4.69) is 21.7 Å². The highest BCUT2D eigenvalue weighted by Crippen LogP contribution is 2.40. The van der Waals surface area contributed by atoms with Gasteiger partial charge in [-0.2, -0.15) is 10.5 Å². The number of aliphatic hydroxyl groups excluding tert-OH is 1. The molecule has 1 heterocycles. The highest BCUT2D eigenvalue weighted by atomic mass is 16.5. The van der Waals surface area contributed by atoms with Crippen LogP contribution in [0.1, 0.15) is 31.0 Å². The van der Waals surface area contributed by atoms with E-state index in [9.17, 15) is 5.11 Å². The fourth-order valence-corrected chi connectivity index (χ4v) is 2.38. The van der Waals surface area contributed by atoms with Crippen LogP contribution in [0.15, 0.2) is 23.2 Å². The van der Waals surface area contributed by atoms with Crippen LogP contribution in [0, 0.1) is 22.8 Å².